The van der Waals surface area contributed by atoms with E-state index in [4.69, 9.17) is 0 Å². The Hall–Kier alpha value is -1.40. The van der Waals surface area contributed by atoms with Crippen molar-refractivity contribution in [1.82, 2.24) is 4.90 Å². The lowest BCUT2D eigenvalue weighted by Gasteiger charge is -2.24. The van der Waals surface area contributed by atoms with E-state index >= 15 is 0 Å². The molecule has 2 heterocycles. The number of nitrogens with one attached hydrogen (secondary N) is 1. The summed E-state index contributed by atoms with van der Waals surface area (Å²) in [6.45, 7) is 0.701. The summed E-state index contributed by atoms with van der Waals surface area (Å²) in [5.74, 6) is -0.440. The molecule has 3 nitrogen and oxygen atoms in total. The van der Waals surface area contributed by atoms with Gasteiger partial charge in [-0.15, -0.1) is 11.3 Å². The molecule has 1 atom stereocenters. The maximum Gasteiger partial charge on any atom is 0.322 e. The number of urea groups is 1. The van der Waals surface area contributed by atoms with Crippen LogP contribution in [0.3, 0.4) is 0 Å². The SMILES string of the molecule is O=C(Nc1ccc(Br)cc1F)N1CCC[C@@H]1c1cccs1. The van der Waals surface area contributed by atoms with E-state index in [1.54, 1.807) is 28.4 Å². The molecule has 6 heteroatoms. The fourth-order valence-electron chi connectivity index (χ4n) is 2.56. The third kappa shape index (κ3) is 3.11. The van der Waals surface area contributed by atoms with E-state index in [-0.39, 0.29) is 17.8 Å². The quantitative estimate of drug-likeness (QED) is 0.792. The van der Waals surface area contributed by atoms with Gasteiger partial charge in [-0.25, -0.2) is 9.18 Å². The highest BCUT2D eigenvalue weighted by atomic mass is 79.9. The summed E-state index contributed by atoms with van der Waals surface area (Å²) >= 11 is 4.85. The van der Waals surface area contributed by atoms with E-state index in [1.165, 1.54) is 10.9 Å². The van der Waals surface area contributed by atoms with Crippen LogP contribution >= 0.6 is 27.3 Å². The summed E-state index contributed by atoms with van der Waals surface area (Å²) in [4.78, 5) is 15.4. The highest BCUT2D eigenvalue weighted by molar-refractivity contribution is 9.10. The number of halogens is 2. The lowest BCUT2D eigenvalue weighted by molar-refractivity contribution is 0.207. The zero-order valence-corrected chi connectivity index (χ0v) is 13.6. The van der Waals surface area contributed by atoms with Crippen molar-refractivity contribution in [3.8, 4) is 0 Å². The molecule has 0 saturated carbocycles. The first-order valence-corrected chi connectivity index (χ1v) is 8.38. The topological polar surface area (TPSA) is 32.3 Å². The Morgan fingerprint density at radius 2 is 2.29 bits per heavy atom. The molecule has 2 amide bonds. The van der Waals surface area contributed by atoms with Gasteiger partial charge in [-0.05, 0) is 42.5 Å². The minimum atomic E-state index is -0.440. The number of rotatable bonds is 2. The fourth-order valence-corrected chi connectivity index (χ4v) is 3.77. The van der Waals surface area contributed by atoms with Crippen molar-refractivity contribution >= 4 is 39.0 Å². The molecule has 0 spiro atoms. The van der Waals surface area contributed by atoms with E-state index < -0.39 is 5.82 Å². The van der Waals surface area contributed by atoms with E-state index in [0.717, 1.165) is 12.8 Å². The van der Waals surface area contributed by atoms with Crippen LogP contribution in [0.2, 0.25) is 0 Å². The van der Waals surface area contributed by atoms with Crippen molar-refractivity contribution in [2.75, 3.05) is 11.9 Å². The third-order valence-corrected chi connectivity index (χ3v) is 5.02. The lowest BCUT2D eigenvalue weighted by Crippen LogP contribution is -2.34. The second-order valence-electron chi connectivity index (χ2n) is 4.92. The van der Waals surface area contributed by atoms with Crippen molar-refractivity contribution in [3.05, 3.63) is 50.9 Å². The monoisotopic (exact) mass is 368 g/mol. The fraction of sp³-hybridized carbons (Fsp3) is 0.267. The van der Waals surface area contributed by atoms with E-state index in [1.807, 2.05) is 17.5 Å². The van der Waals surface area contributed by atoms with Gasteiger partial charge in [-0.2, -0.15) is 0 Å². The van der Waals surface area contributed by atoms with Crippen LogP contribution in [0.1, 0.15) is 23.8 Å². The van der Waals surface area contributed by atoms with Crippen LogP contribution in [0.25, 0.3) is 0 Å². The Morgan fingerprint density at radius 3 is 3.00 bits per heavy atom. The Balaban J connectivity index is 1.75. The van der Waals surface area contributed by atoms with E-state index in [0.29, 0.717) is 11.0 Å². The zero-order valence-electron chi connectivity index (χ0n) is 11.2. The molecule has 0 unspecified atom stereocenters. The Kier molecular flexibility index (Phi) is 4.26. The maximum atomic E-state index is 13.8. The van der Waals surface area contributed by atoms with E-state index in [2.05, 4.69) is 21.2 Å². The highest BCUT2D eigenvalue weighted by Gasteiger charge is 2.30. The molecule has 1 fully saturated rings. The Bertz CT molecular complexity index is 647. The average Bonchev–Trinajstić information content (AvgIpc) is 3.10. The molecular weight excluding hydrogens is 355 g/mol. The number of hydrogen-bond acceptors (Lipinski definition) is 2. The predicted octanol–water partition coefficient (Wildman–Crippen LogP) is 5.02. The van der Waals surface area contributed by atoms with Crippen molar-refractivity contribution < 1.29 is 9.18 Å². The molecule has 1 aromatic heterocycles. The number of hydrogen-bond donors (Lipinski definition) is 1. The van der Waals surface area contributed by atoms with Crippen LogP contribution in [0.4, 0.5) is 14.9 Å². The molecule has 1 aromatic carbocycles. The van der Waals surface area contributed by atoms with Crippen LogP contribution < -0.4 is 5.32 Å². The van der Waals surface area contributed by atoms with E-state index in [9.17, 15) is 9.18 Å². The molecule has 0 aliphatic carbocycles. The normalized spacial score (nSPS) is 18.0. The lowest BCUT2D eigenvalue weighted by atomic mass is 10.2. The minimum Gasteiger partial charge on any atom is -0.317 e. The van der Waals surface area contributed by atoms with Crippen LogP contribution in [0.5, 0.6) is 0 Å². The Morgan fingerprint density at radius 1 is 1.43 bits per heavy atom. The van der Waals surface area contributed by atoms with Crippen molar-refractivity contribution in [2.24, 2.45) is 0 Å². The standard InChI is InChI=1S/C15H14BrFN2OS/c16-10-5-6-12(11(17)9-10)18-15(20)19-7-1-3-13(19)14-4-2-8-21-14/h2,4-6,8-9,13H,1,3,7H2,(H,18,20)/t13-/m1/s1. The molecule has 21 heavy (non-hydrogen) atoms. The minimum absolute atomic E-state index is 0.100. The van der Waals surface area contributed by atoms with Crippen LogP contribution in [-0.4, -0.2) is 17.5 Å². The summed E-state index contributed by atoms with van der Waals surface area (Å²) in [5, 5.41) is 4.68. The Labute approximate surface area is 134 Å². The number of carbonyl (C=O) groups is 1. The average molecular weight is 369 g/mol. The molecule has 1 aliphatic rings. The molecule has 3 rings (SSSR count). The highest BCUT2D eigenvalue weighted by Crippen LogP contribution is 2.35. The molecule has 110 valence electrons. The number of anilines is 1. The van der Waals surface area contributed by atoms with Gasteiger partial charge in [0, 0.05) is 15.9 Å². The van der Waals surface area contributed by atoms with Gasteiger partial charge in [0.05, 0.1) is 11.7 Å². The van der Waals surface area contributed by atoms with Crippen molar-refractivity contribution in [3.63, 3.8) is 0 Å². The van der Waals surface area contributed by atoms with Gasteiger partial charge in [0.2, 0.25) is 0 Å². The summed E-state index contributed by atoms with van der Waals surface area (Å²) < 4.78 is 14.5. The number of likely N-dealkylation sites (tertiary alicyclic amines) is 1. The second kappa shape index (κ2) is 6.15. The smallest absolute Gasteiger partial charge is 0.317 e. The van der Waals surface area contributed by atoms with Crippen molar-refractivity contribution in [2.45, 2.75) is 18.9 Å². The van der Waals surface area contributed by atoms with Crippen LogP contribution in [-0.2, 0) is 0 Å². The van der Waals surface area contributed by atoms with Crippen LogP contribution in [0, 0.1) is 5.82 Å². The van der Waals surface area contributed by atoms with Gasteiger partial charge in [0.15, 0.2) is 0 Å². The molecule has 0 bridgehead atoms. The number of carbonyl (C=O) groups excluding carboxylic acids is 1. The summed E-state index contributed by atoms with van der Waals surface area (Å²) in [5.41, 5.74) is 0.208. The summed E-state index contributed by atoms with van der Waals surface area (Å²) in [6.07, 6.45) is 1.93. The molecule has 1 saturated heterocycles. The first kappa shape index (κ1) is 14.5. The number of amides is 2. The van der Waals surface area contributed by atoms with Gasteiger partial charge < -0.3 is 10.2 Å². The summed E-state index contributed by atoms with van der Waals surface area (Å²) in [7, 11) is 0. The predicted molar refractivity (Wildman–Crippen MR) is 86.1 cm³/mol. The maximum absolute atomic E-state index is 13.8. The first-order chi connectivity index (χ1) is 10.1. The molecule has 1 aliphatic heterocycles. The molecule has 0 radical (unpaired) electrons. The zero-order chi connectivity index (χ0) is 14.8. The van der Waals surface area contributed by atoms with Gasteiger partial charge in [-0.1, -0.05) is 22.0 Å². The number of nitrogens with zero attached hydrogens (tertiary/aromatic N) is 1. The first-order valence-electron chi connectivity index (χ1n) is 6.71. The number of thiophene rings is 1. The number of benzene rings is 1. The van der Waals surface area contributed by atoms with Crippen LogP contribution in [0.15, 0.2) is 40.2 Å². The van der Waals surface area contributed by atoms with Gasteiger partial charge in [-0.3, -0.25) is 0 Å². The summed E-state index contributed by atoms with van der Waals surface area (Å²) in [6, 6.07) is 8.50. The van der Waals surface area contributed by atoms with Gasteiger partial charge in [0.25, 0.3) is 0 Å². The third-order valence-electron chi connectivity index (χ3n) is 3.56. The molecule has 1 N–H and O–H groups in total. The molecular formula is C15H14BrFN2OS. The van der Waals surface area contributed by atoms with Gasteiger partial charge in [0.1, 0.15) is 5.82 Å². The second-order valence-corrected chi connectivity index (χ2v) is 6.82. The largest absolute Gasteiger partial charge is 0.322 e. The van der Waals surface area contributed by atoms with Gasteiger partial charge >= 0.3 is 6.03 Å². The molecule has 2 aromatic rings. The van der Waals surface area contributed by atoms with Crippen molar-refractivity contribution in [1.29, 1.82) is 0 Å².